The van der Waals surface area contributed by atoms with Crippen molar-refractivity contribution in [3.8, 4) is 0 Å². The predicted octanol–water partition coefficient (Wildman–Crippen LogP) is 4.59. The van der Waals surface area contributed by atoms with Gasteiger partial charge in [-0.15, -0.1) is 6.58 Å². The number of aliphatic hydroxyl groups excluding tert-OH is 1. The fourth-order valence-electron chi connectivity index (χ4n) is 15.7. The number of allylic oxidation sites excluding steroid dienone is 1. The number of aliphatic carboxylic acids is 1. The van der Waals surface area contributed by atoms with Gasteiger partial charge in [0, 0.05) is 44.9 Å². The summed E-state index contributed by atoms with van der Waals surface area (Å²) in [5.74, 6) is -1.85. The summed E-state index contributed by atoms with van der Waals surface area (Å²) in [6.07, 6.45) is 0.215. The van der Waals surface area contributed by atoms with Crippen LogP contribution in [0.4, 0.5) is 0 Å². The molecule has 11 heterocycles. The normalized spacial score (nSPS) is 50.0. The van der Waals surface area contributed by atoms with Crippen LogP contribution in [0.15, 0.2) is 37.0 Å². The van der Waals surface area contributed by atoms with Crippen molar-refractivity contribution in [1.29, 1.82) is 0 Å². The minimum Gasteiger partial charge on any atom is -0.481 e. The molecule has 81 heavy (non-hydrogen) atoms. The average molecular weight is 1190 g/mol. The Hall–Kier alpha value is -2.09. The van der Waals surface area contributed by atoms with Crippen LogP contribution in [0.1, 0.15) is 138 Å². The van der Waals surface area contributed by atoms with Gasteiger partial charge in [-0.1, -0.05) is 31.7 Å². The Kier molecular flexibility index (Phi) is 16.6. The summed E-state index contributed by atoms with van der Waals surface area (Å²) in [6.45, 7) is 19.0. The van der Waals surface area contributed by atoms with Gasteiger partial charge < -0.3 is 67.4 Å². The molecule has 11 saturated heterocycles. The third kappa shape index (κ3) is 12.1. The molecule has 0 bridgehead atoms. The maximum Gasteiger partial charge on any atom is 0.397 e. The molecule has 27 atom stereocenters. The lowest BCUT2D eigenvalue weighted by Gasteiger charge is -2.61. The second-order valence-electron chi connectivity index (χ2n) is 26.2. The van der Waals surface area contributed by atoms with E-state index in [4.69, 9.17) is 60.8 Å². The number of carboxylic acids is 1. The quantitative estimate of drug-likeness (QED) is 0.0956. The Labute approximate surface area is 474 Å². The number of carbonyl (C=O) groups is 1. The van der Waals surface area contributed by atoms with Crippen LogP contribution in [0.25, 0.3) is 0 Å². The predicted molar refractivity (Wildman–Crippen MR) is 282 cm³/mol. The van der Waals surface area contributed by atoms with Crippen molar-refractivity contribution in [1.82, 2.24) is 0 Å². The van der Waals surface area contributed by atoms with Gasteiger partial charge in [0.25, 0.3) is 0 Å². The molecule has 0 aromatic carbocycles. The topological polar surface area (TPSA) is 306 Å². The molecule has 5 N–H and O–H groups in total. The second kappa shape index (κ2) is 22.3. The van der Waals surface area contributed by atoms with Gasteiger partial charge in [0.2, 0.25) is 0 Å². The van der Waals surface area contributed by atoms with E-state index in [-0.39, 0.29) is 80.9 Å². The summed E-state index contributed by atoms with van der Waals surface area (Å²) in [5.41, 5.74) is -4.80. The highest BCUT2D eigenvalue weighted by molar-refractivity contribution is 7.81. The molecular formula is C56H84O23S2. The molecule has 0 aliphatic carbocycles. The van der Waals surface area contributed by atoms with Crippen molar-refractivity contribution in [3.05, 3.63) is 37.0 Å². The van der Waals surface area contributed by atoms with Gasteiger partial charge in [-0.05, 0) is 97.5 Å². The van der Waals surface area contributed by atoms with Gasteiger partial charge in [-0.2, -0.15) is 16.8 Å². The maximum absolute atomic E-state index is 12.3. The number of rotatable bonds is 13. The Morgan fingerprint density at radius 3 is 1.93 bits per heavy atom. The van der Waals surface area contributed by atoms with Gasteiger partial charge in [0.1, 0.15) is 35.6 Å². The van der Waals surface area contributed by atoms with Gasteiger partial charge in [0.15, 0.2) is 0 Å². The lowest BCUT2D eigenvalue weighted by atomic mass is 9.73. The summed E-state index contributed by atoms with van der Waals surface area (Å²) >= 11 is 0. The van der Waals surface area contributed by atoms with Crippen LogP contribution in [0, 0.1) is 11.8 Å². The fourth-order valence-corrected chi connectivity index (χ4v) is 16.6. The Balaban J connectivity index is 0.743. The first-order valence-corrected chi connectivity index (χ1v) is 31.9. The van der Waals surface area contributed by atoms with Crippen LogP contribution in [-0.2, 0) is 86.1 Å². The standard InChI is InChI=1S/C56H84O23S2/c1-9-11-30(51(58)59)13-16-52(4,60)50-29(3)20-39-38(74-50)26-46-56(8,77-39)49(57)48-42(73-46)24-41-47(75-48)28(2)12-17-54(6)44(72-41)27-43-55(7,79-54)18-14-31-32(71-43)21-34-33(68-31)22-35-36(69-34)23-40-37(70-35)25-45(78-81(64,65)66)53(5,76-40)15-10-19-67-80(61,62)63/h9,13,16,28,30-50,57,60H,1,3,10-12,14-15,17-27H2,2,4-8H3,(H,58,59)(H,61,62,63)(H,64,65,66)/b16-13+/t28-,30?,31-,32+,33+,34-,35-,36+,37+,38+,39-,40-,41-,42+,43-,44+,45-,46-,47+,48+,49+,50-,52+,53+,54-,55+,56-/m0/s1. The minimum atomic E-state index is -4.91. The first-order valence-electron chi connectivity index (χ1n) is 29.1. The molecule has 0 aromatic rings. The summed E-state index contributed by atoms with van der Waals surface area (Å²) in [7, 11) is -9.61. The minimum absolute atomic E-state index is 0.0402. The van der Waals surface area contributed by atoms with E-state index in [0.717, 1.165) is 6.42 Å². The molecular weight excluding hydrogens is 1100 g/mol. The van der Waals surface area contributed by atoms with Crippen LogP contribution in [0.2, 0.25) is 0 Å². The first kappa shape index (κ1) is 60.6. The molecule has 0 amide bonds. The van der Waals surface area contributed by atoms with Crippen LogP contribution < -0.4 is 0 Å². The number of fused-ring (bicyclic) bond motifs is 10. The first-order chi connectivity index (χ1) is 37.9. The maximum atomic E-state index is 12.3. The van der Waals surface area contributed by atoms with Crippen LogP contribution in [0.5, 0.6) is 0 Å². The zero-order chi connectivity index (χ0) is 58.0. The largest absolute Gasteiger partial charge is 0.481 e. The molecule has 11 aliphatic heterocycles. The molecule has 11 aliphatic rings. The van der Waals surface area contributed by atoms with E-state index in [2.05, 4.69) is 38.1 Å². The van der Waals surface area contributed by atoms with Crippen molar-refractivity contribution in [2.75, 3.05) is 6.61 Å². The van der Waals surface area contributed by atoms with E-state index in [1.54, 1.807) is 13.8 Å². The zero-order valence-corrected chi connectivity index (χ0v) is 48.7. The highest BCUT2D eigenvalue weighted by atomic mass is 32.3. The summed E-state index contributed by atoms with van der Waals surface area (Å²) < 4.78 is 151. The third-order valence-electron chi connectivity index (χ3n) is 20.2. The van der Waals surface area contributed by atoms with E-state index in [1.807, 2.05) is 6.92 Å². The lowest BCUT2D eigenvalue weighted by Crippen LogP contribution is -2.74. The van der Waals surface area contributed by atoms with Crippen molar-refractivity contribution < 1.29 is 107 Å². The van der Waals surface area contributed by atoms with Crippen molar-refractivity contribution in [2.45, 2.75) is 288 Å². The van der Waals surface area contributed by atoms with Gasteiger partial charge in [-0.25, -0.2) is 8.37 Å². The van der Waals surface area contributed by atoms with Gasteiger partial charge >= 0.3 is 26.8 Å². The Morgan fingerprint density at radius 1 is 0.716 bits per heavy atom. The van der Waals surface area contributed by atoms with E-state index < -0.39 is 140 Å². The van der Waals surface area contributed by atoms with Crippen molar-refractivity contribution in [2.24, 2.45) is 11.8 Å². The number of ether oxygens (including phenoxy) is 11. The van der Waals surface area contributed by atoms with Crippen LogP contribution in [0.3, 0.4) is 0 Å². The highest BCUT2D eigenvalue weighted by Crippen LogP contribution is 2.54. The number of carboxylic acid groups (broad SMARTS) is 1. The molecule has 458 valence electrons. The van der Waals surface area contributed by atoms with Gasteiger partial charge in [-0.3, -0.25) is 13.9 Å². The molecule has 0 radical (unpaired) electrons. The number of hydrogen-bond donors (Lipinski definition) is 5. The average Bonchev–Trinajstić information content (AvgIpc) is 3.75. The summed E-state index contributed by atoms with van der Waals surface area (Å²) in [5, 5.41) is 33.7. The second-order valence-corrected chi connectivity index (χ2v) is 28.4. The third-order valence-corrected chi connectivity index (χ3v) is 21.1. The molecule has 11 fully saturated rings. The molecule has 0 spiro atoms. The fraction of sp³-hybridized carbons (Fsp3) is 0.875. The van der Waals surface area contributed by atoms with E-state index in [1.165, 1.54) is 18.2 Å². The SMILES string of the molecule is C=CCC(/C=C/[C@@](C)(O)[C@H]1O[C@@H]2C[C@@H]3O[C@@H]4C[C@@H]5O[C@@H]6C[C@@H]7O[C@@H]8C[C@@H]9O[C@@H]%10C[C@@H]%11O[C@](C)(CCCOS(=O)(=O)O)[C@@H](OS(=O)(=O)O)C[C@H]%11O[C@H]%10C[C@H]9O[C@H]8CC[C@@]7(C)O[C@@]6(C)CC[C@H](C)[C@H]5O[C@H]4[C@@H](O)[C@@]3(C)O[C@H]2CC1=C)C(=O)O. The van der Waals surface area contributed by atoms with Crippen molar-refractivity contribution >= 4 is 26.8 Å². The van der Waals surface area contributed by atoms with Crippen molar-refractivity contribution in [3.63, 3.8) is 0 Å². The Morgan fingerprint density at radius 2 is 1.28 bits per heavy atom. The molecule has 11 rings (SSSR count). The molecule has 25 heteroatoms. The number of aliphatic hydroxyl groups is 2. The highest BCUT2D eigenvalue weighted by Gasteiger charge is 2.65. The monoisotopic (exact) mass is 1190 g/mol. The molecule has 0 saturated carbocycles. The van der Waals surface area contributed by atoms with E-state index in [0.29, 0.717) is 69.8 Å². The molecule has 23 nitrogen and oxygen atoms in total. The lowest BCUT2D eigenvalue weighted by molar-refractivity contribution is -0.369. The van der Waals surface area contributed by atoms with Gasteiger partial charge in [0.05, 0.1) is 127 Å². The summed E-state index contributed by atoms with van der Waals surface area (Å²) in [6, 6.07) is 0. The zero-order valence-electron chi connectivity index (χ0n) is 47.1. The molecule has 1 unspecified atom stereocenters. The van der Waals surface area contributed by atoms with E-state index in [9.17, 15) is 41.5 Å². The summed E-state index contributed by atoms with van der Waals surface area (Å²) in [4.78, 5) is 11.9. The number of hydrogen-bond acceptors (Lipinski definition) is 20. The van der Waals surface area contributed by atoms with Crippen LogP contribution in [-0.4, -0.2) is 204 Å². The van der Waals surface area contributed by atoms with E-state index >= 15 is 0 Å². The molecule has 0 aromatic heterocycles. The smallest absolute Gasteiger partial charge is 0.397 e. The Bertz CT molecular complexity index is 2620. The van der Waals surface area contributed by atoms with Crippen LogP contribution >= 0.6 is 0 Å².